The van der Waals surface area contributed by atoms with Crippen molar-refractivity contribution in [3.63, 3.8) is 0 Å². The van der Waals surface area contributed by atoms with E-state index in [2.05, 4.69) is 14.4 Å². The minimum atomic E-state index is -4.75. The minimum Gasteiger partial charge on any atom is -0.435 e. The molecule has 0 spiro atoms. The molecule has 110 valence electrons. The van der Waals surface area contributed by atoms with Crippen LogP contribution in [0.4, 0.5) is 13.2 Å². The summed E-state index contributed by atoms with van der Waals surface area (Å²) in [6, 6.07) is 0.631. The summed E-state index contributed by atoms with van der Waals surface area (Å²) in [5.41, 5.74) is -2.33. The van der Waals surface area contributed by atoms with Crippen LogP contribution in [-0.4, -0.2) is 21.8 Å². The molecule has 0 aliphatic carbocycles. The lowest BCUT2D eigenvalue weighted by atomic mass is 10.1. The summed E-state index contributed by atoms with van der Waals surface area (Å²) in [4.78, 5) is 30.2. The van der Waals surface area contributed by atoms with Gasteiger partial charge in [-0.25, -0.2) is 0 Å². The van der Waals surface area contributed by atoms with Gasteiger partial charge < -0.3 is 4.42 Å². The number of imide groups is 1. The molecule has 0 saturated heterocycles. The fraction of sp³-hybridized carbons (Fsp3) is 0.0909. The molecule has 0 atom stereocenters. The molecule has 2 rings (SSSR count). The van der Waals surface area contributed by atoms with Gasteiger partial charge in [-0.15, -0.1) is 0 Å². The Bertz CT molecular complexity index is 699. The third-order valence-corrected chi connectivity index (χ3v) is 2.48. The van der Waals surface area contributed by atoms with Gasteiger partial charge in [0, 0.05) is 12.4 Å². The van der Waals surface area contributed by atoms with Crippen molar-refractivity contribution >= 4 is 23.4 Å². The van der Waals surface area contributed by atoms with Crippen LogP contribution in [0.5, 0.6) is 0 Å². The number of carbonyl (C=O) groups excluding carboxylic acids is 2. The highest BCUT2D eigenvalue weighted by molar-refractivity contribution is 6.28. The highest BCUT2D eigenvalue weighted by Gasteiger charge is 2.35. The van der Waals surface area contributed by atoms with Crippen molar-refractivity contribution in [1.82, 2.24) is 15.3 Å². The predicted octanol–water partition coefficient (Wildman–Crippen LogP) is 2.31. The van der Waals surface area contributed by atoms with Crippen LogP contribution in [0.15, 0.2) is 29.1 Å². The minimum absolute atomic E-state index is 0.342. The average molecular weight is 320 g/mol. The second kappa shape index (κ2) is 5.52. The van der Waals surface area contributed by atoms with E-state index < -0.39 is 29.1 Å². The molecule has 10 heteroatoms. The van der Waals surface area contributed by atoms with Gasteiger partial charge in [0.25, 0.3) is 17.2 Å². The van der Waals surface area contributed by atoms with E-state index in [1.54, 1.807) is 5.32 Å². The van der Waals surface area contributed by atoms with Crippen LogP contribution in [0.25, 0.3) is 0 Å². The zero-order chi connectivity index (χ0) is 15.6. The number of alkyl halides is 3. The lowest BCUT2D eigenvalue weighted by Gasteiger charge is -2.11. The fourth-order valence-corrected chi connectivity index (χ4v) is 1.55. The molecule has 2 aromatic rings. The second-order valence-electron chi connectivity index (χ2n) is 3.69. The first-order valence-corrected chi connectivity index (χ1v) is 5.64. The number of amides is 2. The number of rotatable bonds is 2. The third kappa shape index (κ3) is 3.37. The van der Waals surface area contributed by atoms with Gasteiger partial charge in [0.05, 0.1) is 11.1 Å². The number of nitrogens with one attached hydrogen (secondary N) is 1. The van der Waals surface area contributed by atoms with Crippen LogP contribution in [-0.2, 0) is 6.18 Å². The van der Waals surface area contributed by atoms with Crippen molar-refractivity contribution < 1.29 is 27.2 Å². The number of hydrogen-bond acceptors (Lipinski definition) is 5. The number of halogens is 4. The van der Waals surface area contributed by atoms with Gasteiger partial charge in [-0.1, -0.05) is 0 Å². The summed E-state index contributed by atoms with van der Waals surface area (Å²) in [6.45, 7) is 0. The molecular weight excluding hydrogens is 315 g/mol. The first-order valence-electron chi connectivity index (χ1n) is 5.27. The van der Waals surface area contributed by atoms with E-state index in [1.165, 1.54) is 0 Å². The van der Waals surface area contributed by atoms with E-state index in [1.807, 2.05) is 0 Å². The van der Waals surface area contributed by atoms with Crippen LogP contribution in [0.3, 0.4) is 0 Å². The number of carbonyl (C=O) groups is 2. The maximum Gasteiger partial charge on any atom is 0.417 e. The van der Waals surface area contributed by atoms with Crippen molar-refractivity contribution in [3.05, 3.63) is 46.9 Å². The zero-order valence-corrected chi connectivity index (χ0v) is 10.7. The number of nitrogens with zero attached hydrogens (tertiary/aromatic N) is 2. The van der Waals surface area contributed by atoms with Crippen LogP contribution in [0.1, 0.15) is 26.4 Å². The molecule has 0 bridgehead atoms. The van der Waals surface area contributed by atoms with E-state index in [0.29, 0.717) is 12.3 Å². The highest BCUT2D eigenvalue weighted by Crippen LogP contribution is 2.31. The number of pyridine rings is 1. The fourth-order valence-electron chi connectivity index (χ4n) is 1.41. The summed E-state index contributed by atoms with van der Waals surface area (Å²) in [5, 5.41) is 1.40. The highest BCUT2D eigenvalue weighted by atomic mass is 35.5. The lowest BCUT2D eigenvalue weighted by molar-refractivity contribution is -0.138. The molecule has 0 fully saturated rings. The van der Waals surface area contributed by atoms with E-state index in [0.717, 1.165) is 12.5 Å². The number of aromatic nitrogens is 2. The van der Waals surface area contributed by atoms with E-state index in [-0.39, 0.29) is 11.0 Å². The molecule has 0 unspecified atom stereocenters. The maximum absolute atomic E-state index is 12.7. The van der Waals surface area contributed by atoms with Gasteiger partial charge in [-0.05, 0) is 17.7 Å². The van der Waals surface area contributed by atoms with Crippen molar-refractivity contribution in [1.29, 1.82) is 0 Å². The van der Waals surface area contributed by atoms with Crippen LogP contribution in [0.2, 0.25) is 5.35 Å². The molecule has 0 aliphatic rings. The van der Waals surface area contributed by atoms with Gasteiger partial charge >= 0.3 is 6.18 Å². The molecule has 0 saturated carbocycles. The van der Waals surface area contributed by atoms with Gasteiger partial charge in [0.1, 0.15) is 6.26 Å². The topological polar surface area (TPSA) is 85.1 Å². The van der Waals surface area contributed by atoms with Gasteiger partial charge in [-0.3, -0.25) is 19.9 Å². The number of oxazole rings is 1. The molecule has 0 aliphatic heterocycles. The predicted molar refractivity (Wildman–Crippen MR) is 62.5 cm³/mol. The maximum atomic E-state index is 12.7. The first-order chi connectivity index (χ1) is 9.79. The summed E-state index contributed by atoms with van der Waals surface area (Å²) >= 11 is 5.34. The first kappa shape index (κ1) is 15.0. The van der Waals surface area contributed by atoms with Crippen molar-refractivity contribution in [2.75, 3.05) is 0 Å². The normalized spacial score (nSPS) is 11.2. The second-order valence-corrected chi connectivity index (χ2v) is 4.01. The van der Waals surface area contributed by atoms with Gasteiger partial charge in [0.2, 0.25) is 0 Å². The molecule has 0 aromatic carbocycles. The Morgan fingerprint density at radius 2 is 2.00 bits per heavy atom. The van der Waals surface area contributed by atoms with Crippen molar-refractivity contribution in [2.24, 2.45) is 0 Å². The summed E-state index contributed by atoms with van der Waals surface area (Å²) in [5.74, 6) is -2.31. The van der Waals surface area contributed by atoms with E-state index in [9.17, 15) is 22.8 Å². The molecule has 2 aromatic heterocycles. The molecule has 2 heterocycles. The summed E-state index contributed by atoms with van der Waals surface area (Å²) < 4.78 is 42.7. The van der Waals surface area contributed by atoms with Crippen LogP contribution < -0.4 is 5.32 Å². The zero-order valence-electron chi connectivity index (χ0n) is 9.94. The SMILES string of the molecule is O=C(NC(=O)c1cnccc1C(F)(F)F)c1coc(Cl)n1. The molecule has 2 amide bonds. The smallest absolute Gasteiger partial charge is 0.417 e. The van der Waals surface area contributed by atoms with E-state index >= 15 is 0 Å². The quantitative estimate of drug-likeness (QED) is 0.859. The standard InChI is InChI=1S/C11H5ClF3N3O3/c12-10-17-7(4-21-10)9(20)18-8(19)5-3-16-2-1-6(5)11(13,14)15/h1-4H,(H,18,19,20). The van der Waals surface area contributed by atoms with Crippen molar-refractivity contribution in [2.45, 2.75) is 6.18 Å². The molecular formula is C11H5ClF3N3O3. The lowest BCUT2D eigenvalue weighted by Crippen LogP contribution is -2.32. The van der Waals surface area contributed by atoms with Crippen molar-refractivity contribution in [3.8, 4) is 0 Å². The summed E-state index contributed by atoms with van der Waals surface area (Å²) in [6.07, 6.45) is -2.30. The third-order valence-electron chi connectivity index (χ3n) is 2.31. The van der Waals surface area contributed by atoms with Crippen LogP contribution in [0, 0.1) is 0 Å². The largest absolute Gasteiger partial charge is 0.435 e. The Kier molecular flexibility index (Phi) is 3.94. The number of hydrogen-bond donors (Lipinski definition) is 1. The molecule has 6 nitrogen and oxygen atoms in total. The monoisotopic (exact) mass is 319 g/mol. The molecule has 1 N–H and O–H groups in total. The Morgan fingerprint density at radius 1 is 1.29 bits per heavy atom. The molecule has 21 heavy (non-hydrogen) atoms. The average Bonchev–Trinajstić information content (AvgIpc) is 2.84. The summed E-state index contributed by atoms with van der Waals surface area (Å²) in [7, 11) is 0. The Balaban J connectivity index is 2.24. The Labute approximate surface area is 119 Å². The Hall–Kier alpha value is -2.42. The Morgan fingerprint density at radius 3 is 2.57 bits per heavy atom. The molecule has 0 radical (unpaired) electrons. The van der Waals surface area contributed by atoms with Gasteiger partial charge in [-0.2, -0.15) is 18.2 Å². The van der Waals surface area contributed by atoms with Gasteiger partial charge in [0.15, 0.2) is 5.69 Å². The van der Waals surface area contributed by atoms with Crippen LogP contribution >= 0.6 is 11.6 Å². The van der Waals surface area contributed by atoms with E-state index in [4.69, 9.17) is 11.6 Å².